The second kappa shape index (κ2) is 9.23. The first-order valence-electron chi connectivity index (χ1n) is 14.0. The van der Waals surface area contributed by atoms with Gasteiger partial charge in [0.25, 0.3) is 0 Å². The third-order valence-electron chi connectivity index (χ3n) is 8.10. The van der Waals surface area contributed by atoms with Gasteiger partial charge in [0.2, 0.25) is 0 Å². The molecule has 40 heavy (non-hydrogen) atoms. The van der Waals surface area contributed by atoms with Crippen molar-refractivity contribution < 1.29 is 4.74 Å². The van der Waals surface area contributed by atoms with E-state index in [9.17, 15) is 0 Å². The van der Waals surface area contributed by atoms with Gasteiger partial charge >= 0.3 is 0 Å². The number of ether oxygens (including phenoxy) is 1. The van der Waals surface area contributed by atoms with Gasteiger partial charge in [0.1, 0.15) is 24.0 Å². The molecule has 0 spiro atoms. The first kappa shape index (κ1) is 24.4. The van der Waals surface area contributed by atoms with Gasteiger partial charge in [-0.15, -0.1) is 0 Å². The number of hydrogen-bond acceptors (Lipinski definition) is 3. The lowest BCUT2D eigenvalue weighted by molar-refractivity contribution is 0.301. The van der Waals surface area contributed by atoms with Gasteiger partial charge in [-0.25, -0.2) is 9.97 Å². The van der Waals surface area contributed by atoms with Crippen LogP contribution in [0.15, 0.2) is 67.3 Å². The molecule has 1 aliphatic rings. The number of aromatic nitrogens is 4. The maximum atomic E-state index is 6.28. The smallest absolute Gasteiger partial charge is 0.137 e. The fourth-order valence-electron chi connectivity index (χ4n) is 5.92. The molecule has 0 atom stereocenters. The molecule has 3 heterocycles. The van der Waals surface area contributed by atoms with E-state index in [4.69, 9.17) is 14.7 Å². The van der Waals surface area contributed by atoms with E-state index in [1.165, 1.54) is 27.5 Å². The molecule has 5 heteroatoms. The van der Waals surface area contributed by atoms with Crippen LogP contribution in [0, 0.1) is 6.92 Å². The van der Waals surface area contributed by atoms with E-state index >= 15 is 0 Å². The van der Waals surface area contributed by atoms with Crippen LogP contribution in [0.3, 0.4) is 0 Å². The van der Waals surface area contributed by atoms with Crippen molar-refractivity contribution in [2.75, 3.05) is 0 Å². The van der Waals surface area contributed by atoms with Crippen LogP contribution < -0.4 is 4.74 Å². The van der Waals surface area contributed by atoms with Crippen molar-refractivity contribution in [3.8, 4) is 28.1 Å². The Balaban J connectivity index is 1.36. The SMILES string of the molecule is C=C/C=C\c1c(C)c2cc(-c3ccc4c5c(ccc4c3)-c3nc(C(C)C)[nH]c3CO5)ccc2c2nc(CC)[nH]c12. The lowest BCUT2D eigenvalue weighted by atomic mass is 9.93. The highest BCUT2D eigenvalue weighted by atomic mass is 16.5. The van der Waals surface area contributed by atoms with Crippen LogP contribution in [0.5, 0.6) is 5.75 Å². The zero-order valence-electron chi connectivity index (χ0n) is 23.4. The summed E-state index contributed by atoms with van der Waals surface area (Å²) >= 11 is 0. The molecule has 2 aromatic heterocycles. The van der Waals surface area contributed by atoms with E-state index in [0.29, 0.717) is 12.5 Å². The number of hydrogen-bond donors (Lipinski definition) is 2. The average Bonchev–Trinajstić information content (AvgIpc) is 3.62. The lowest BCUT2D eigenvalue weighted by Crippen LogP contribution is -2.05. The Morgan fingerprint density at radius 1 is 0.975 bits per heavy atom. The molecule has 0 saturated heterocycles. The fourth-order valence-corrected chi connectivity index (χ4v) is 5.92. The van der Waals surface area contributed by atoms with Crippen molar-refractivity contribution >= 4 is 38.7 Å². The molecule has 1 aliphatic heterocycles. The average molecular weight is 525 g/mol. The minimum atomic E-state index is 0.342. The molecule has 2 N–H and O–H groups in total. The minimum absolute atomic E-state index is 0.342. The molecule has 0 saturated carbocycles. The van der Waals surface area contributed by atoms with Gasteiger partial charge in [-0.2, -0.15) is 0 Å². The van der Waals surface area contributed by atoms with Crippen molar-refractivity contribution in [2.24, 2.45) is 0 Å². The highest BCUT2D eigenvalue weighted by Crippen LogP contribution is 2.43. The van der Waals surface area contributed by atoms with Crippen molar-refractivity contribution in [3.63, 3.8) is 0 Å². The zero-order valence-corrected chi connectivity index (χ0v) is 23.4. The van der Waals surface area contributed by atoms with E-state index in [2.05, 4.69) is 98.8 Å². The summed E-state index contributed by atoms with van der Waals surface area (Å²) in [5.74, 6) is 3.26. The van der Waals surface area contributed by atoms with Crippen LogP contribution in [0.25, 0.3) is 61.0 Å². The highest BCUT2D eigenvalue weighted by molar-refractivity contribution is 6.11. The molecule has 5 nitrogen and oxygen atoms in total. The summed E-state index contributed by atoms with van der Waals surface area (Å²) in [5.41, 5.74) is 9.97. The Bertz CT molecular complexity index is 2000. The fraction of sp³-hybridized carbons (Fsp3) is 0.200. The first-order valence-corrected chi connectivity index (χ1v) is 14.0. The van der Waals surface area contributed by atoms with E-state index in [0.717, 1.165) is 68.1 Å². The van der Waals surface area contributed by atoms with Crippen LogP contribution in [-0.2, 0) is 13.0 Å². The Hall–Kier alpha value is -4.64. The summed E-state index contributed by atoms with van der Waals surface area (Å²) < 4.78 is 6.28. The molecule has 7 rings (SSSR count). The van der Waals surface area contributed by atoms with Gasteiger partial charge < -0.3 is 14.7 Å². The number of rotatable bonds is 5. The number of nitrogens with one attached hydrogen (secondary N) is 2. The first-order chi connectivity index (χ1) is 19.5. The molecular weight excluding hydrogens is 492 g/mol. The molecule has 0 amide bonds. The second-order valence-corrected chi connectivity index (χ2v) is 10.9. The number of aryl methyl sites for hydroxylation is 2. The van der Waals surface area contributed by atoms with E-state index in [-0.39, 0.29) is 0 Å². The number of imidazole rings is 2. The highest BCUT2D eigenvalue weighted by Gasteiger charge is 2.24. The van der Waals surface area contributed by atoms with E-state index < -0.39 is 0 Å². The summed E-state index contributed by atoms with van der Waals surface area (Å²) in [5, 5.41) is 4.65. The number of aromatic amines is 2. The van der Waals surface area contributed by atoms with Gasteiger partial charge in [-0.1, -0.05) is 75.9 Å². The number of fused-ring (bicyclic) bond motifs is 8. The molecule has 0 radical (unpaired) electrons. The van der Waals surface area contributed by atoms with Crippen LogP contribution in [-0.4, -0.2) is 19.9 Å². The lowest BCUT2D eigenvalue weighted by Gasteiger charge is -2.19. The van der Waals surface area contributed by atoms with Gasteiger partial charge in [-0.05, 0) is 52.6 Å². The van der Waals surface area contributed by atoms with Crippen LogP contribution >= 0.6 is 0 Å². The molecule has 0 aliphatic carbocycles. The summed E-state index contributed by atoms with van der Waals surface area (Å²) in [7, 11) is 0. The van der Waals surface area contributed by atoms with Crippen LogP contribution in [0.4, 0.5) is 0 Å². The zero-order chi connectivity index (χ0) is 27.5. The molecule has 0 fully saturated rings. The summed E-state index contributed by atoms with van der Waals surface area (Å²) in [6, 6.07) is 17.7. The Kier molecular flexibility index (Phi) is 5.63. The molecule has 0 bridgehead atoms. The van der Waals surface area contributed by atoms with E-state index in [1.54, 1.807) is 0 Å². The largest absolute Gasteiger partial charge is 0.486 e. The van der Waals surface area contributed by atoms with Gasteiger partial charge in [0.15, 0.2) is 0 Å². The topological polar surface area (TPSA) is 66.6 Å². The monoisotopic (exact) mass is 524 g/mol. The predicted molar refractivity (Wildman–Crippen MR) is 166 cm³/mol. The van der Waals surface area contributed by atoms with Crippen molar-refractivity contribution in [3.05, 3.63) is 95.7 Å². The minimum Gasteiger partial charge on any atom is -0.486 e. The predicted octanol–water partition coefficient (Wildman–Crippen LogP) is 9.01. The Morgan fingerprint density at radius 2 is 1.77 bits per heavy atom. The number of nitrogens with zero attached hydrogens (tertiary/aromatic N) is 2. The standard InChI is InChI=1S/C35H32N4O/c1-6-8-9-24-20(5)28-17-22(11-14-26(28)33-32(24)37-30(7-2)38-33)21-10-13-25-23(16-21)12-15-27-31-29(18-40-34(25)27)36-35(39-31)19(3)4/h6,8-17,19H,1,7,18H2,2-5H3,(H,36,39)(H,37,38)/b9-8-. The number of H-pyrrole nitrogens is 2. The number of allylic oxidation sites excluding steroid dienone is 2. The molecule has 4 aromatic carbocycles. The Morgan fingerprint density at radius 3 is 2.55 bits per heavy atom. The third kappa shape index (κ3) is 3.69. The normalized spacial score (nSPS) is 12.9. The van der Waals surface area contributed by atoms with Gasteiger partial charge in [-0.3, -0.25) is 0 Å². The summed E-state index contributed by atoms with van der Waals surface area (Å²) in [6.07, 6.45) is 6.80. The van der Waals surface area contributed by atoms with Gasteiger partial charge in [0, 0.05) is 34.2 Å². The molecular formula is C35H32N4O. The Labute approximate surface area is 233 Å². The third-order valence-corrected chi connectivity index (χ3v) is 8.10. The second-order valence-electron chi connectivity index (χ2n) is 10.9. The van der Waals surface area contributed by atoms with E-state index in [1.807, 2.05) is 12.2 Å². The van der Waals surface area contributed by atoms with Gasteiger partial charge in [0.05, 0.1) is 22.4 Å². The van der Waals surface area contributed by atoms with Crippen LogP contribution in [0.2, 0.25) is 0 Å². The molecule has 6 aromatic rings. The maximum absolute atomic E-state index is 6.28. The van der Waals surface area contributed by atoms with Crippen molar-refractivity contribution in [1.82, 2.24) is 19.9 Å². The summed E-state index contributed by atoms with van der Waals surface area (Å²) in [4.78, 5) is 16.8. The van der Waals surface area contributed by atoms with Crippen molar-refractivity contribution in [2.45, 2.75) is 46.6 Å². The van der Waals surface area contributed by atoms with Crippen molar-refractivity contribution in [1.29, 1.82) is 0 Å². The molecule has 0 unspecified atom stereocenters. The maximum Gasteiger partial charge on any atom is 0.137 e. The number of benzene rings is 4. The summed E-state index contributed by atoms with van der Waals surface area (Å²) in [6.45, 7) is 13.0. The quantitative estimate of drug-likeness (QED) is 0.221. The van der Waals surface area contributed by atoms with Crippen LogP contribution in [0.1, 0.15) is 55.2 Å². The molecule has 198 valence electrons.